The van der Waals surface area contributed by atoms with Crippen LogP contribution >= 0.6 is 0 Å². The maximum Gasteiger partial charge on any atom is 0.435 e. The summed E-state index contributed by atoms with van der Waals surface area (Å²) >= 11 is 0.00849. The van der Waals surface area contributed by atoms with E-state index in [1.54, 1.807) is 0 Å². The molecule has 1 aliphatic rings. The Morgan fingerprint density at radius 2 is 2.25 bits per heavy atom. The summed E-state index contributed by atoms with van der Waals surface area (Å²) in [6.45, 7) is 2.33. The first-order valence-corrected chi connectivity index (χ1v) is 5.64. The van der Waals surface area contributed by atoms with Crippen LogP contribution in [-0.4, -0.2) is 35.2 Å². The van der Waals surface area contributed by atoms with Gasteiger partial charge in [-0.05, 0) is 6.42 Å². The Morgan fingerprint density at radius 3 is 2.33 bits per heavy atom. The molecule has 1 fully saturated rings. The number of carbonyl (C=O) groups is 1. The molecular formula is C7H15AlO4. The van der Waals surface area contributed by atoms with Gasteiger partial charge in [-0.3, -0.25) is 4.89 Å². The Balaban J connectivity index is 0.000000202. The van der Waals surface area contributed by atoms with Crippen molar-refractivity contribution in [3.05, 3.63) is 0 Å². The van der Waals surface area contributed by atoms with Crippen molar-refractivity contribution < 1.29 is 18.4 Å². The van der Waals surface area contributed by atoms with Crippen molar-refractivity contribution >= 4 is 21.5 Å². The van der Waals surface area contributed by atoms with Crippen molar-refractivity contribution in [2.45, 2.75) is 25.0 Å². The highest BCUT2D eigenvalue weighted by molar-refractivity contribution is 6.27. The number of carbonyl (C=O) groups excluding carboxylic acids is 1. The number of hydrogen-bond donors (Lipinski definition) is 0. The normalized spacial score (nSPS) is 15.2. The molecule has 0 unspecified atom stereocenters. The van der Waals surface area contributed by atoms with E-state index in [0.717, 1.165) is 6.61 Å². The zero-order valence-corrected chi connectivity index (χ0v) is 9.08. The SMILES string of the molecule is C1C[CH2][AlH][O]C1.COOC(C)=O. The van der Waals surface area contributed by atoms with E-state index in [0.29, 0.717) is 0 Å². The van der Waals surface area contributed by atoms with Gasteiger partial charge in [0.2, 0.25) is 0 Å². The van der Waals surface area contributed by atoms with Crippen LogP contribution in [-0.2, 0) is 18.4 Å². The fraction of sp³-hybridized carbons (Fsp3) is 0.857. The highest BCUT2D eigenvalue weighted by Gasteiger charge is 2.00. The summed E-state index contributed by atoms with van der Waals surface area (Å²) in [4.78, 5) is 17.6. The lowest BCUT2D eigenvalue weighted by Crippen LogP contribution is -2.06. The van der Waals surface area contributed by atoms with Crippen LogP contribution in [0.2, 0.25) is 5.28 Å². The van der Waals surface area contributed by atoms with Crippen LogP contribution in [0.1, 0.15) is 19.8 Å². The van der Waals surface area contributed by atoms with Crippen LogP contribution in [0.25, 0.3) is 0 Å². The van der Waals surface area contributed by atoms with Gasteiger partial charge in [0.15, 0.2) is 0 Å². The Hall–Kier alpha value is -0.0775. The Labute approximate surface area is 79.2 Å². The van der Waals surface area contributed by atoms with Gasteiger partial charge in [-0.2, -0.15) is 4.89 Å². The lowest BCUT2D eigenvalue weighted by atomic mass is 10.4. The molecule has 0 aromatic rings. The number of rotatable bonds is 1. The number of hydrogen-bond acceptors (Lipinski definition) is 4. The van der Waals surface area contributed by atoms with Crippen molar-refractivity contribution in [2.75, 3.05) is 13.7 Å². The van der Waals surface area contributed by atoms with Crippen LogP contribution in [0, 0.1) is 0 Å². The molecule has 0 spiro atoms. The average molecular weight is 190 g/mol. The van der Waals surface area contributed by atoms with Crippen LogP contribution in [0.3, 0.4) is 0 Å². The second kappa shape index (κ2) is 9.01. The van der Waals surface area contributed by atoms with Crippen molar-refractivity contribution in [3.8, 4) is 0 Å². The van der Waals surface area contributed by atoms with E-state index in [-0.39, 0.29) is 15.6 Å². The third-order valence-corrected chi connectivity index (χ3v) is 2.64. The van der Waals surface area contributed by atoms with E-state index in [9.17, 15) is 4.79 Å². The van der Waals surface area contributed by atoms with Gasteiger partial charge in [0, 0.05) is 13.5 Å². The van der Waals surface area contributed by atoms with Gasteiger partial charge >= 0.3 is 21.5 Å². The minimum Gasteiger partial charge on any atom is -0.503 e. The standard InChI is InChI=1S/C4H8O.C3H6O3.Al.H/c1-2-3-4-5;1-3(4)6-5-2;;/h1-4H2;1-2H3;;/q-1;;+1;. The van der Waals surface area contributed by atoms with Gasteiger partial charge in [-0.15, -0.1) is 0 Å². The van der Waals surface area contributed by atoms with Crippen LogP contribution in [0.15, 0.2) is 0 Å². The highest BCUT2D eigenvalue weighted by Crippen LogP contribution is 2.01. The zero-order valence-electron chi connectivity index (χ0n) is 7.67. The smallest absolute Gasteiger partial charge is 0.435 e. The van der Waals surface area contributed by atoms with Crippen molar-refractivity contribution in [3.63, 3.8) is 0 Å². The molecular weight excluding hydrogens is 175 g/mol. The van der Waals surface area contributed by atoms with Crippen LogP contribution < -0.4 is 0 Å². The minimum absolute atomic E-state index is 0.00849. The largest absolute Gasteiger partial charge is 0.503 e. The van der Waals surface area contributed by atoms with Gasteiger partial charge in [-0.25, -0.2) is 4.79 Å². The van der Waals surface area contributed by atoms with E-state index in [1.165, 1.54) is 32.2 Å². The molecule has 0 atom stereocenters. The molecule has 1 rings (SSSR count). The Kier molecular flexibility index (Phi) is 8.96. The van der Waals surface area contributed by atoms with Crippen molar-refractivity contribution in [1.82, 2.24) is 0 Å². The summed E-state index contributed by atoms with van der Waals surface area (Å²) in [5.74, 6) is -0.433. The first-order valence-electron chi connectivity index (χ1n) is 4.06. The van der Waals surface area contributed by atoms with Crippen molar-refractivity contribution in [1.29, 1.82) is 0 Å². The summed E-state index contributed by atoms with van der Waals surface area (Å²) in [5, 5.41) is 1.42. The molecule has 0 amide bonds. The molecule has 0 bridgehead atoms. The molecule has 4 nitrogen and oxygen atoms in total. The van der Waals surface area contributed by atoms with Crippen LogP contribution in [0.4, 0.5) is 0 Å². The Bertz CT molecular complexity index is 102. The monoisotopic (exact) mass is 190 g/mol. The van der Waals surface area contributed by atoms with Gasteiger partial charge in [-0.1, -0.05) is 11.7 Å². The summed E-state index contributed by atoms with van der Waals surface area (Å²) in [6, 6.07) is 0. The summed E-state index contributed by atoms with van der Waals surface area (Å²) in [7, 11) is 1.28. The van der Waals surface area contributed by atoms with E-state index in [2.05, 4.69) is 9.78 Å². The highest BCUT2D eigenvalue weighted by atomic mass is 27.1. The average Bonchev–Trinajstić information content (AvgIpc) is 2.08. The van der Waals surface area contributed by atoms with E-state index >= 15 is 0 Å². The third-order valence-electron chi connectivity index (χ3n) is 1.28. The maximum absolute atomic E-state index is 9.70. The van der Waals surface area contributed by atoms with E-state index < -0.39 is 5.97 Å². The van der Waals surface area contributed by atoms with Crippen LogP contribution in [0.5, 0.6) is 0 Å². The predicted molar refractivity (Wildman–Crippen MR) is 45.9 cm³/mol. The second-order valence-corrected chi connectivity index (χ2v) is 3.94. The molecule has 5 heteroatoms. The second-order valence-electron chi connectivity index (χ2n) is 2.41. The van der Waals surface area contributed by atoms with Gasteiger partial charge in [0.25, 0.3) is 0 Å². The Morgan fingerprint density at radius 1 is 1.50 bits per heavy atom. The van der Waals surface area contributed by atoms with Gasteiger partial charge < -0.3 is 3.79 Å². The molecule has 0 saturated carbocycles. The predicted octanol–water partition coefficient (Wildman–Crippen LogP) is 0.677. The van der Waals surface area contributed by atoms with E-state index in [1.807, 2.05) is 0 Å². The first kappa shape index (κ1) is 11.9. The lowest BCUT2D eigenvalue weighted by Gasteiger charge is -2.06. The van der Waals surface area contributed by atoms with Gasteiger partial charge in [0.05, 0.1) is 7.11 Å². The molecule has 0 N–H and O–H groups in total. The fourth-order valence-corrected chi connectivity index (χ4v) is 1.97. The van der Waals surface area contributed by atoms with E-state index in [4.69, 9.17) is 3.79 Å². The molecule has 1 aliphatic heterocycles. The molecule has 12 heavy (non-hydrogen) atoms. The zero-order chi connectivity index (χ0) is 9.23. The molecule has 1 heterocycles. The summed E-state index contributed by atoms with van der Waals surface area (Å²) in [5.41, 5.74) is 0. The van der Waals surface area contributed by atoms with Crippen molar-refractivity contribution in [2.24, 2.45) is 0 Å². The summed E-state index contributed by atoms with van der Waals surface area (Å²) in [6.07, 6.45) is 2.75. The molecule has 0 aromatic carbocycles. The summed E-state index contributed by atoms with van der Waals surface area (Å²) < 4.78 is 5.21. The minimum atomic E-state index is -0.433. The quantitative estimate of drug-likeness (QED) is 0.346. The molecule has 0 aromatic heterocycles. The maximum atomic E-state index is 9.70. The first-order chi connectivity index (χ1) is 5.77. The topological polar surface area (TPSA) is 44.8 Å². The van der Waals surface area contributed by atoms with Gasteiger partial charge in [0.1, 0.15) is 0 Å². The lowest BCUT2D eigenvalue weighted by molar-refractivity contribution is -0.252. The molecule has 0 aliphatic carbocycles. The molecule has 70 valence electrons. The molecule has 1 saturated heterocycles. The molecule has 0 radical (unpaired) electrons. The third kappa shape index (κ3) is 9.92. The fourth-order valence-electron chi connectivity index (χ4n) is 0.804.